The van der Waals surface area contributed by atoms with Crippen molar-refractivity contribution in [2.45, 2.75) is 25.3 Å². The van der Waals surface area contributed by atoms with Gasteiger partial charge in [-0.3, -0.25) is 4.79 Å². The number of hydrogen-bond donors (Lipinski definition) is 2. The van der Waals surface area contributed by atoms with Crippen molar-refractivity contribution in [1.82, 2.24) is 10.3 Å². The summed E-state index contributed by atoms with van der Waals surface area (Å²) in [5, 5.41) is 3.52. The number of fused-ring (bicyclic) bond motifs is 4. The molecule has 0 spiro atoms. The molecule has 0 saturated heterocycles. The van der Waals surface area contributed by atoms with Crippen molar-refractivity contribution in [3.8, 4) is 0 Å². The third-order valence-corrected chi connectivity index (χ3v) is 4.71. The summed E-state index contributed by atoms with van der Waals surface area (Å²) in [5.41, 5.74) is 3.58. The molecule has 0 radical (unpaired) electrons. The van der Waals surface area contributed by atoms with Gasteiger partial charge in [0.15, 0.2) is 0 Å². The highest BCUT2D eigenvalue weighted by Gasteiger charge is 2.48. The molecule has 2 aliphatic rings. The Labute approximate surface area is 113 Å². The molecule has 3 rings (SSSR count). The normalized spacial score (nSPS) is 32.4. The van der Waals surface area contributed by atoms with Gasteiger partial charge < -0.3 is 10.3 Å². The van der Waals surface area contributed by atoms with Crippen LogP contribution in [0.15, 0.2) is 41.2 Å². The highest BCUT2D eigenvalue weighted by molar-refractivity contribution is 5.40. The lowest BCUT2D eigenvalue weighted by molar-refractivity contribution is 0.178. The standard InChI is InChI=1S/C16H20N2O/c1-4-12-11-7-10(2)9-16(12,17-3)13-5-6-15(19)18-14(13)8-11/h4-7,11-12,17H,1,8-9H2,2-3H3,(H,18,19)/t11-,12+,16+/m0/s1. The summed E-state index contributed by atoms with van der Waals surface area (Å²) >= 11 is 0. The summed E-state index contributed by atoms with van der Waals surface area (Å²) in [6.07, 6.45) is 6.27. The second kappa shape index (κ2) is 4.20. The monoisotopic (exact) mass is 256 g/mol. The number of rotatable bonds is 2. The van der Waals surface area contributed by atoms with Crippen molar-refractivity contribution in [3.63, 3.8) is 0 Å². The van der Waals surface area contributed by atoms with Crippen LogP contribution < -0.4 is 10.9 Å². The first-order chi connectivity index (χ1) is 9.10. The minimum absolute atomic E-state index is 0.0131. The maximum absolute atomic E-state index is 11.6. The molecule has 2 bridgehead atoms. The van der Waals surface area contributed by atoms with Gasteiger partial charge in [-0.05, 0) is 44.4 Å². The van der Waals surface area contributed by atoms with Gasteiger partial charge in [-0.2, -0.15) is 0 Å². The molecule has 0 saturated carbocycles. The minimum atomic E-state index is -0.122. The van der Waals surface area contributed by atoms with Crippen molar-refractivity contribution in [1.29, 1.82) is 0 Å². The summed E-state index contributed by atoms with van der Waals surface area (Å²) in [7, 11) is 2.01. The van der Waals surface area contributed by atoms with Gasteiger partial charge in [-0.1, -0.05) is 17.7 Å². The third kappa shape index (κ3) is 1.65. The van der Waals surface area contributed by atoms with Crippen LogP contribution in [-0.2, 0) is 12.0 Å². The molecule has 1 aromatic rings. The molecule has 0 amide bonds. The van der Waals surface area contributed by atoms with Gasteiger partial charge >= 0.3 is 0 Å². The van der Waals surface area contributed by atoms with E-state index in [1.807, 2.05) is 13.1 Å². The Morgan fingerprint density at radius 2 is 2.32 bits per heavy atom. The number of aromatic amines is 1. The molecule has 2 aliphatic carbocycles. The molecule has 1 heterocycles. The fourth-order valence-corrected chi connectivity index (χ4v) is 4.01. The van der Waals surface area contributed by atoms with E-state index < -0.39 is 0 Å². The Kier molecular flexibility index (Phi) is 2.75. The average Bonchev–Trinajstić information content (AvgIpc) is 2.37. The van der Waals surface area contributed by atoms with Crippen LogP contribution in [0.5, 0.6) is 0 Å². The largest absolute Gasteiger partial charge is 0.326 e. The Morgan fingerprint density at radius 1 is 1.53 bits per heavy atom. The molecule has 0 aliphatic heterocycles. The molecule has 1 aromatic heterocycles. The van der Waals surface area contributed by atoms with Gasteiger partial charge in [-0.25, -0.2) is 0 Å². The van der Waals surface area contributed by atoms with E-state index in [-0.39, 0.29) is 11.1 Å². The van der Waals surface area contributed by atoms with E-state index in [9.17, 15) is 4.79 Å². The number of nitrogens with one attached hydrogen (secondary N) is 2. The third-order valence-electron chi connectivity index (χ3n) is 4.71. The molecule has 100 valence electrons. The number of pyridine rings is 1. The number of hydrogen-bond acceptors (Lipinski definition) is 2. The van der Waals surface area contributed by atoms with E-state index in [1.165, 1.54) is 11.1 Å². The maximum Gasteiger partial charge on any atom is 0.248 e. The lowest BCUT2D eigenvalue weighted by Crippen LogP contribution is -2.54. The van der Waals surface area contributed by atoms with Gasteiger partial charge in [0.05, 0.1) is 5.54 Å². The minimum Gasteiger partial charge on any atom is -0.326 e. The van der Waals surface area contributed by atoms with Gasteiger partial charge in [0.25, 0.3) is 0 Å². The maximum atomic E-state index is 11.6. The zero-order valence-electron chi connectivity index (χ0n) is 11.5. The van der Waals surface area contributed by atoms with Crippen LogP contribution >= 0.6 is 0 Å². The SMILES string of the molecule is C=C[C@@H]1[C@H]2C=C(C)C[C@]1(NC)c1ccc(=O)[nH]c1C2. The van der Waals surface area contributed by atoms with E-state index in [0.29, 0.717) is 11.8 Å². The van der Waals surface area contributed by atoms with E-state index in [0.717, 1.165) is 18.5 Å². The highest BCUT2D eigenvalue weighted by Crippen LogP contribution is 2.49. The zero-order valence-corrected chi connectivity index (χ0v) is 11.5. The predicted octanol–water partition coefficient (Wildman–Crippen LogP) is 2.11. The topological polar surface area (TPSA) is 44.9 Å². The fourth-order valence-electron chi connectivity index (χ4n) is 4.01. The number of aromatic nitrogens is 1. The van der Waals surface area contributed by atoms with Gasteiger partial charge in [0, 0.05) is 17.7 Å². The quantitative estimate of drug-likeness (QED) is 0.796. The van der Waals surface area contributed by atoms with Crippen molar-refractivity contribution in [2.75, 3.05) is 7.05 Å². The van der Waals surface area contributed by atoms with Crippen LogP contribution in [0.25, 0.3) is 0 Å². The van der Waals surface area contributed by atoms with E-state index in [1.54, 1.807) is 6.07 Å². The first-order valence-corrected chi connectivity index (χ1v) is 6.82. The Bertz CT molecular complexity index is 613. The Morgan fingerprint density at radius 3 is 3.00 bits per heavy atom. The van der Waals surface area contributed by atoms with E-state index in [4.69, 9.17) is 0 Å². The summed E-state index contributed by atoms with van der Waals surface area (Å²) in [6, 6.07) is 3.61. The van der Waals surface area contributed by atoms with E-state index >= 15 is 0 Å². The lowest BCUT2D eigenvalue weighted by atomic mass is 9.59. The molecule has 0 unspecified atom stereocenters. The predicted molar refractivity (Wildman–Crippen MR) is 77.1 cm³/mol. The first kappa shape index (κ1) is 12.4. The summed E-state index contributed by atoms with van der Waals surface area (Å²) in [5.74, 6) is 0.795. The van der Waals surface area contributed by atoms with Crippen molar-refractivity contribution < 1.29 is 0 Å². The summed E-state index contributed by atoms with van der Waals surface area (Å²) in [4.78, 5) is 14.6. The molecule has 19 heavy (non-hydrogen) atoms. The fraction of sp³-hybridized carbons (Fsp3) is 0.438. The second-order valence-electron chi connectivity index (χ2n) is 5.76. The molecular weight excluding hydrogens is 236 g/mol. The van der Waals surface area contributed by atoms with Crippen molar-refractivity contribution in [3.05, 3.63) is 58.0 Å². The van der Waals surface area contributed by atoms with Gasteiger partial charge in [0.2, 0.25) is 5.56 Å². The zero-order chi connectivity index (χ0) is 13.6. The smallest absolute Gasteiger partial charge is 0.248 e. The first-order valence-electron chi connectivity index (χ1n) is 6.82. The molecular formula is C16H20N2O. The van der Waals surface area contributed by atoms with Crippen LogP contribution in [0.1, 0.15) is 24.6 Å². The summed E-state index contributed by atoms with van der Waals surface area (Å²) in [6.45, 7) is 6.22. The van der Waals surface area contributed by atoms with Crippen LogP contribution in [0.3, 0.4) is 0 Å². The van der Waals surface area contributed by atoms with Crippen molar-refractivity contribution >= 4 is 0 Å². The highest BCUT2D eigenvalue weighted by atomic mass is 16.1. The van der Waals surface area contributed by atoms with Crippen LogP contribution in [-0.4, -0.2) is 12.0 Å². The van der Waals surface area contributed by atoms with Crippen LogP contribution in [0.4, 0.5) is 0 Å². The van der Waals surface area contributed by atoms with Crippen LogP contribution in [0.2, 0.25) is 0 Å². The molecule has 3 atom stereocenters. The Hall–Kier alpha value is -1.61. The molecule has 3 nitrogen and oxygen atoms in total. The average molecular weight is 256 g/mol. The lowest BCUT2D eigenvalue weighted by Gasteiger charge is -2.50. The molecule has 2 N–H and O–H groups in total. The van der Waals surface area contributed by atoms with E-state index in [2.05, 4.69) is 36.0 Å². The summed E-state index contributed by atoms with van der Waals surface area (Å²) < 4.78 is 0. The Balaban J connectivity index is 2.27. The van der Waals surface area contributed by atoms with Gasteiger partial charge in [-0.15, -0.1) is 6.58 Å². The van der Waals surface area contributed by atoms with Crippen molar-refractivity contribution in [2.24, 2.45) is 11.8 Å². The molecule has 0 aromatic carbocycles. The number of allylic oxidation sites excluding steroid dienone is 1. The molecule has 0 fully saturated rings. The van der Waals surface area contributed by atoms with Crippen LogP contribution in [0, 0.1) is 11.8 Å². The van der Waals surface area contributed by atoms with Gasteiger partial charge in [0.1, 0.15) is 0 Å². The molecule has 3 heteroatoms. The second-order valence-corrected chi connectivity index (χ2v) is 5.76. The number of H-pyrrole nitrogens is 1.